The molecular weight excluding hydrogens is 207 g/mol. The average Bonchev–Trinajstić information content (AvgIpc) is 2.17. The Morgan fingerprint density at radius 2 is 2.06 bits per heavy atom. The molecule has 0 saturated carbocycles. The number of amides is 1. The van der Waals surface area contributed by atoms with Crippen molar-refractivity contribution in [2.45, 2.75) is 26.3 Å². The van der Waals surface area contributed by atoms with E-state index in [-0.39, 0.29) is 29.5 Å². The maximum Gasteiger partial charge on any atom is 0.244 e. The summed E-state index contributed by atoms with van der Waals surface area (Å²) in [5.41, 5.74) is 0.820. The van der Waals surface area contributed by atoms with Gasteiger partial charge in [0, 0.05) is 5.54 Å². The van der Waals surface area contributed by atoms with Crippen LogP contribution in [0.2, 0.25) is 0 Å². The van der Waals surface area contributed by atoms with Gasteiger partial charge in [-0.1, -0.05) is 6.07 Å². The summed E-state index contributed by atoms with van der Waals surface area (Å²) in [6.07, 6.45) is 0. The van der Waals surface area contributed by atoms with Crippen molar-refractivity contribution >= 4 is 17.3 Å². The number of carbonyl (C=O) groups is 1. The van der Waals surface area contributed by atoms with Crippen LogP contribution in [-0.2, 0) is 4.79 Å². The predicted octanol–water partition coefficient (Wildman–Crippen LogP) is 2.38. The van der Waals surface area contributed by atoms with Crippen molar-refractivity contribution in [2.24, 2.45) is 0 Å². The van der Waals surface area contributed by atoms with Crippen LogP contribution in [0.25, 0.3) is 0 Å². The predicted molar refractivity (Wildman–Crippen MR) is 62.1 cm³/mol. The number of para-hydroxylation sites is 1. The molecule has 1 aromatic rings. The number of carbonyl (C=O) groups excluding carboxylic acids is 1. The van der Waals surface area contributed by atoms with Crippen LogP contribution >= 0.6 is 0 Å². The maximum absolute atomic E-state index is 13.6. The van der Waals surface area contributed by atoms with Gasteiger partial charge in [0.1, 0.15) is 11.5 Å². The monoisotopic (exact) mass is 222 g/mol. The largest absolute Gasteiger partial charge is 0.356 e. The Morgan fingerprint density at radius 1 is 1.38 bits per heavy atom. The molecule has 0 atom stereocenters. The number of benzene rings is 1. The number of nitrogens with zero attached hydrogens (tertiary/aromatic N) is 1. The molecule has 0 spiro atoms. The molecule has 1 N–H and O–H groups in total. The van der Waals surface area contributed by atoms with Gasteiger partial charge in [-0.15, -0.1) is 0 Å². The lowest BCUT2D eigenvalue weighted by atomic mass is 10.0. The van der Waals surface area contributed by atoms with Gasteiger partial charge in [-0.05, 0) is 32.9 Å². The highest BCUT2D eigenvalue weighted by Crippen LogP contribution is 2.35. The van der Waals surface area contributed by atoms with Crippen molar-refractivity contribution in [1.29, 1.82) is 0 Å². The maximum atomic E-state index is 13.6. The van der Waals surface area contributed by atoms with Crippen LogP contribution in [0.5, 0.6) is 0 Å². The number of rotatable bonds is 0. The summed E-state index contributed by atoms with van der Waals surface area (Å²) < 4.78 is 13.6. The molecule has 0 unspecified atom stereocenters. The van der Waals surface area contributed by atoms with Crippen molar-refractivity contribution in [3.05, 3.63) is 24.0 Å². The molecule has 1 aromatic carbocycles. The van der Waals surface area contributed by atoms with E-state index >= 15 is 0 Å². The molecule has 86 valence electrons. The normalized spacial score (nSPS) is 15.8. The fraction of sp³-hybridized carbons (Fsp3) is 0.417. The van der Waals surface area contributed by atoms with Crippen molar-refractivity contribution in [3.8, 4) is 0 Å². The van der Waals surface area contributed by atoms with Crippen LogP contribution < -0.4 is 10.2 Å². The van der Waals surface area contributed by atoms with E-state index in [0.717, 1.165) is 5.69 Å². The minimum Gasteiger partial charge on any atom is -0.356 e. The number of fused-ring (bicyclic) bond motifs is 1. The number of hydrogen-bond acceptors (Lipinski definition) is 2. The third kappa shape index (κ3) is 1.75. The summed E-state index contributed by atoms with van der Waals surface area (Å²) in [6.45, 7) is 6.26. The fourth-order valence-electron chi connectivity index (χ4n) is 1.87. The van der Waals surface area contributed by atoms with Crippen LogP contribution in [0.4, 0.5) is 15.8 Å². The van der Waals surface area contributed by atoms with Gasteiger partial charge in [-0.25, -0.2) is 4.39 Å². The summed E-state index contributed by atoms with van der Waals surface area (Å²) in [7, 11) is 0. The Labute approximate surface area is 94.3 Å². The highest BCUT2D eigenvalue weighted by atomic mass is 19.1. The first kappa shape index (κ1) is 10.9. The summed E-state index contributed by atoms with van der Waals surface area (Å²) in [6, 6.07) is 4.83. The van der Waals surface area contributed by atoms with Crippen molar-refractivity contribution in [1.82, 2.24) is 0 Å². The lowest BCUT2D eigenvalue weighted by Crippen LogP contribution is -2.49. The lowest BCUT2D eigenvalue weighted by Gasteiger charge is -2.40. The molecule has 4 heteroatoms. The van der Waals surface area contributed by atoms with E-state index in [4.69, 9.17) is 0 Å². The van der Waals surface area contributed by atoms with E-state index < -0.39 is 0 Å². The third-order valence-electron chi connectivity index (χ3n) is 2.66. The van der Waals surface area contributed by atoms with E-state index in [0.29, 0.717) is 0 Å². The quantitative estimate of drug-likeness (QED) is 0.731. The first-order valence-electron chi connectivity index (χ1n) is 5.25. The van der Waals surface area contributed by atoms with Gasteiger partial charge in [-0.2, -0.15) is 0 Å². The van der Waals surface area contributed by atoms with Crippen molar-refractivity contribution in [2.75, 3.05) is 16.8 Å². The smallest absolute Gasteiger partial charge is 0.244 e. The number of halogens is 1. The van der Waals surface area contributed by atoms with Gasteiger partial charge in [0.15, 0.2) is 0 Å². The van der Waals surface area contributed by atoms with Gasteiger partial charge in [0.25, 0.3) is 0 Å². The molecule has 0 fully saturated rings. The molecule has 0 aliphatic carbocycles. The van der Waals surface area contributed by atoms with Crippen molar-refractivity contribution < 1.29 is 9.18 Å². The van der Waals surface area contributed by atoms with E-state index in [1.807, 2.05) is 31.7 Å². The zero-order valence-electron chi connectivity index (χ0n) is 9.67. The molecule has 1 heterocycles. The lowest BCUT2D eigenvalue weighted by molar-refractivity contribution is -0.115. The van der Waals surface area contributed by atoms with E-state index in [2.05, 4.69) is 5.32 Å². The molecule has 3 nitrogen and oxygen atoms in total. The van der Waals surface area contributed by atoms with Crippen LogP contribution in [0, 0.1) is 5.82 Å². The highest BCUT2D eigenvalue weighted by Gasteiger charge is 2.31. The van der Waals surface area contributed by atoms with Crippen molar-refractivity contribution in [3.63, 3.8) is 0 Å². The first-order chi connectivity index (χ1) is 7.39. The Kier molecular flexibility index (Phi) is 2.37. The Bertz CT molecular complexity index is 437. The van der Waals surface area contributed by atoms with Gasteiger partial charge in [0.2, 0.25) is 5.91 Å². The van der Waals surface area contributed by atoms with Crippen LogP contribution in [0.15, 0.2) is 18.2 Å². The standard InChI is InChI=1S/C12H15FN2O/c1-12(2,3)15-7-10(16)14-11-8(13)5-4-6-9(11)15/h4-6H,7H2,1-3H3,(H,14,16). The van der Waals surface area contributed by atoms with Crippen LogP contribution in [0.1, 0.15) is 20.8 Å². The SMILES string of the molecule is CC(C)(C)N1CC(=O)Nc2c(F)cccc21. The molecule has 1 aliphatic rings. The number of hydrogen-bond donors (Lipinski definition) is 1. The summed E-state index contributed by atoms with van der Waals surface area (Å²) in [4.78, 5) is 13.4. The number of anilines is 2. The zero-order chi connectivity index (χ0) is 11.9. The van der Waals surface area contributed by atoms with Gasteiger partial charge in [-0.3, -0.25) is 4.79 Å². The molecular formula is C12H15FN2O. The number of nitrogens with one attached hydrogen (secondary N) is 1. The Balaban J connectivity index is 2.55. The zero-order valence-corrected chi connectivity index (χ0v) is 9.67. The van der Waals surface area contributed by atoms with Crippen LogP contribution in [0.3, 0.4) is 0 Å². The molecule has 2 rings (SSSR count). The summed E-state index contributed by atoms with van der Waals surface area (Å²) in [5, 5.41) is 2.57. The Hall–Kier alpha value is -1.58. The van der Waals surface area contributed by atoms with Gasteiger partial charge >= 0.3 is 0 Å². The summed E-state index contributed by atoms with van der Waals surface area (Å²) in [5.74, 6) is -0.563. The minimum absolute atomic E-state index is 0.174. The van der Waals surface area contributed by atoms with E-state index in [9.17, 15) is 9.18 Å². The van der Waals surface area contributed by atoms with Gasteiger partial charge < -0.3 is 10.2 Å². The second-order valence-corrected chi connectivity index (χ2v) is 4.94. The molecule has 0 saturated heterocycles. The average molecular weight is 222 g/mol. The minimum atomic E-state index is -0.389. The van der Waals surface area contributed by atoms with E-state index in [1.54, 1.807) is 6.07 Å². The molecule has 16 heavy (non-hydrogen) atoms. The first-order valence-corrected chi connectivity index (χ1v) is 5.25. The highest BCUT2D eigenvalue weighted by molar-refractivity contribution is 6.01. The second kappa shape index (κ2) is 3.47. The topological polar surface area (TPSA) is 32.3 Å². The van der Waals surface area contributed by atoms with E-state index in [1.165, 1.54) is 6.07 Å². The Morgan fingerprint density at radius 3 is 2.69 bits per heavy atom. The molecule has 0 aromatic heterocycles. The second-order valence-electron chi connectivity index (χ2n) is 4.94. The molecule has 1 amide bonds. The van der Waals surface area contributed by atoms with Gasteiger partial charge in [0.05, 0.1) is 12.2 Å². The molecule has 0 bridgehead atoms. The van der Waals surface area contributed by atoms with Crippen LogP contribution in [-0.4, -0.2) is 18.0 Å². The summed E-state index contributed by atoms with van der Waals surface area (Å²) >= 11 is 0. The third-order valence-corrected chi connectivity index (χ3v) is 2.66. The molecule has 1 aliphatic heterocycles. The fourth-order valence-corrected chi connectivity index (χ4v) is 1.87. The molecule has 0 radical (unpaired) electrons.